The molecule has 1 fully saturated rings. The van der Waals surface area contributed by atoms with Gasteiger partial charge in [-0.1, -0.05) is 48.5 Å². The van der Waals surface area contributed by atoms with Crippen molar-refractivity contribution in [3.63, 3.8) is 0 Å². The molecular formula is C27H26N4O3. The smallest absolute Gasteiger partial charge is 0.267 e. The zero-order valence-corrected chi connectivity index (χ0v) is 18.8. The van der Waals surface area contributed by atoms with Crippen LogP contribution in [0.4, 0.5) is 0 Å². The third-order valence-electron chi connectivity index (χ3n) is 6.52. The Morgan fingerprint density at radius 2 is 1.62 bits per heavy atom. The van der Waals surface area contributed by atoms with Gasteiger partial charge < -0.3 is 18.8 Å². The number of carbonyl (C=O) groups excluding carboxylic acids is 1. The predicted octanol–water partition coefficient (Wildman–Crippen LogP) is 3.49. The lowest BCUT2D eigenvalue weighted by Crippen LogP contribution is -2.53. The topological polar surface area (TPSA) is 59.3 Å². The minimum atomic E-state index is -0.593. The number of amides is 1. The Kier molecular flexibility index (Phi) is 5.39. The fourth-order valence-corrected chi connectivity index (χ4v) is 4.71. The number of rotatable bonds is 4. The molecule has 4 aromatic rings. The first-order chi connectivity index (χ1) is 16.8. The summed E-state index contributed by atoms with van der Waals surface area (Å²) in [6.07, 6.45) is 1.48. The normalized spacial score (nSPS) is 18.2. The van der Waals surface area contributed by atoms with Crippen molar-refractivity contribution in [1.82, 2.24) is 19.2 Å². The molecule has 0 aliphatic carbocycles. The molecule has 7 heteroatoms. The third kappa shape index (κ3) is 3.88. The Balaban J connectivity index is 1.15. The van der Waals surface area contributed by atoms with Crippen molar-refractivity contribution < 1.29 is 14.3 Å². The molecule has 1 amide bonds. The number of pyridine rings is 1. The van der Waals surface area contributed by atoms with Crippen LogP contribution in [0, 0.1) is 0 Å². The van der Waals surface area contributed by atoms with Crippen LogP contribution in [0.25, 0.3) is 16.9 Å². The predicted molar refractivity (Wildman–Crippen MR) is 129 cm³/mol. The van der Waals surface area contributed by atoms with Crippen molar-refractivity contribution in [3.8, 4) is 22.8 Å². The van der Waals surface area contributed by atoms with E-state index < -0.39 is 6.10 Å². The van der Waals surface area contributed by atoms with Crippen molar-refractivity contribution in [2.24, 2.45) is 0 Å². The maximum Gasteiger partial charge on any atom is 0.267 e. The van der Waals surface area contributed by atoms with Gasteiger partial charge in [0.2, 0.25) is 6.10 Å². The van der Waals surface area contributed by atoms with E-state index in [1.54, 1.807) is 0 Å². The third-order valence-corrected chi connectivity index (χ3v) is 6.52. The monoisotopic (exact) mass is 454 g/mol. The van der Waals surface area contributed by atoms with Gasteiger partial charge in [0.15, 0.2) is 11.5 Å². The molecule has 7 nitrogen and oxygen atoms in total. The van der Waals surface area contributed by atoms with E-state index in [9.17, 15) is 4.79 Å². The zero-order chi connectivity index (χ0) is 22.9. The highest BCUT2D eigenvalue weighted by atomic mass is 16.6. The maximum atomic E-state index is 13.1. The molecule has 2 aromatic carbocycles. The van der Waals surface area contributed by atoms with Gasteiger partial charge >= 0.3 is 0 Å². The van der Waals surface area contributed by atoms with Crippen LogP contribution in [0.2, 0.25) is 0 Å². The fraction of sp³-hybridized carbons (Fsp3) is 0.259. The van der Waals surface area contributed by atoms with E-state index in [4.69, 9.17) is 14.5 Å². The first-order valence-corrected chi connectivity index (χ1v) is 11.7. The van der Waals surface area contributed by atoms with Crippen LogP contribution in [-0.2, 0) is 11.3 Å². The number of hydrogen-bond acceptors (Lipinski definition) is 5. The summed E-state index contributed by atoms with van der Waals surface area (Å²) in [6.45, 7) is 3.94. The molecule has 1 atom stereocenters. The summed E-state index contributed by atoms with van der Waals surface area (Å²) in [4.78, 5) is 22.3. The van der Waals surface area contributed by atoms with Gasteiger partial charge in [0.1, 0.15) is 12.3 Å². The zero-order valence-electron chi connectivity index (χ0n) is 18.8. The Morgan fingerprint density at radius 3 is 2.44 bits per heavy atom. The number of carbonyl (C=O) groups is 1. The van der Waals surface area contributed by atoms with Crippen molar-refractivity contribution in [2.45, 2.75) is 12.6 Å². The molecule has 0 spiro atoms. The lowest BCUT2D eigenvalue weighted by atomic mass is 10.1. The van der Waals surface area contributed by atoms with E-state index in [0.29, 0.717) is 24.6 Å². The molecule has 1 saturated heterocycles. The van der Waals surface area contributed by atoms with Crippen molar-refractivity contribution in [3.05, 3.63) is 84.7 Å². The second-order valence-corrected chi connectivity index (χ2v) is 8.67. The van der Waals surface area contributed by atoms with Crippen LogP contribution in [0.3, 0.4) is 0 Å². The molecule has 2 aliphatic rings. The van der Waals surface area contributed by atoms with Crippen LogP contribution >= 0.6 is 0 Å². The molecule has 0 unspecified atom stereocenters. The van der Waals surface area contributed by atoms with Gasteiger partial charge in [0, 0.05) is 44.5 Å². The molecule has 6 rings (SSSR count). The standard InChI is InChI=1S/C27H26N4O3/c32-27(24-19-33-22-10-4-5-11-23(22)34-24)30-16-14-29(15-17-30)18-21-26(20-8-2-1-3-9-20)28-25-12-6-7-13-31(21)25/h1-13,24H,14-19H2/t24-/m1/s1. The Labute approximate surface area is 198 Å². The minimum Gasteiger partial charge on any atom is -0.485 e. The highest BCUT2D eigenvalue weighted by Gasteiger charge is 2.33. The Hall–Kier alpha value is -3.84. The van der Waals surface area contributed by atoms with Crippen LogP contribution in [-0.4, -0.2) is 64.0 Å². The molecule has 4 heterocycles. The number of ether oxygens (including phenoxy) is 2. The van der Waals surface area contributed by atoms with Gasteiger partial charge in [0.25, 0.3) is 5.91 Å². The van der Waals surface area contributed by atoms with E-state index in [0.717, 1.165) is 36.5 Å². The van der Waals surface area contributed by atoms with Crippen molar-refractivity contribution in [1.29, 1.82) is 0 Å². The average molecular weight is 455 g/mol. The molecule has 0 N–H and O–H groups in total. The van der Waals surface area contributed by atoms with E-state index in [1.807, 2.05) is 65.6 Å². The van der Waals surface area contributed by atoms with Crippen molar-refractivity contribution >= 4 is 11.6 Å². The molecule has 0 saturated carbocycles. The highest BCUT2D eigenvalue weighted by Crippen LogP contribution is 2.31. The van der Waals surface area contributed by atoms with E-state index in [2.05, 4.69) is 27.6 Å². The lowest BCUT2D eigenvalue weighted by Gasteiger charge is -2.37. The fourth-order valence-electron chi connectivity index (χ4n) is 4.71. The van der Waals surface area contributed by atoms with Gasteiger partial charge in [0.05, 0.1) is 11.4 Å². The van der Waals surface area contributed by atoms with Crippen LogP contribution in [0.1, 0.15) is 5.69 Å². The molecule has 34 heavy (non-hydrogen) atoms. The van der Waals surface area contributed by atoms with Gasteiger partial charge in [-0.2, -0.15) is 0 Å². The number of aromatic nitrogens is 2. The number of hydrogen-bond donors (Lipinski definition) is 0. The van der Waals surface area contributed by atoms with Crippen molar-refractivity contribution in [2.75, 3.05) is 32.8 Å². The highest BCUT2D eigenvalue weighted by molar-refractivity contribution is 5.82. The molecule has 172 valence electrons. The summed E-state index contributed by atoms with van der Waals surface area (Å²) in [5.41, 5.74) is 4.24. The maximum absolute atomic E-state index is 13.1. The van der Waals surface area contributed by atoms with Crippen LogP contribution in [0.5, 0.6) is 11.5 Å². The van der Waals surface area contributed by atoms with Gasteiger partial charge in [-0.3, -0.25) is 9.69 Å². The van der Waals surface area contributed by atoms with E-state index >= 15 is 0 Å². The number of fused-ring (bicyclic) bond motifs is 2. The Morgan fingerprint density at radius 1 is 0.882 bits per heavy atom. The van der Waals surface area contributed by atoms with E-state index in [1.165, 1.54) is 5.69 Å². The number of para-hydroxylation sites is 2. The molecule has 0 bridgehead atoms. The molecule has 0 radical (unpaired) electrons. The van der Waals surface area contributed by atoms with Crippen LogP contribution in [0.15, 0.2) is 79.0 Å². The molecular weight excluding hydrogens is 428 g/mol. The largest absolute Gasteiger partial charge is 0.485 e. The SMILES string of the molecule is O=C([C@H]1COc2ccccc2O1)N1CCN(Cc2c(-c3ccccc3)nc3ccccn23)CC1. The average Bonchev–Trinajstić information content (AvgIpc) is 3.27. The summed E-state index contributed by atoms with van der Waals surface area (Å²) in [6, 6.07) is 23.9. The summed E-state index contributed by atoms with van der Waals surface area (Å²) >= 11 is 0. The minimum absolute atomic E-state index is 0.00562. The summed E-state index contributed by atoms with van der Waals surface area (Å²) < 4.78 is 13.8. The second kappa shape index (κ2) is 8.83. The molecule has 2 aliphatic heterocycles. The summed E-state index contributed by atoms with van der Waals surface area (Å²) in [7, 11) is 0. The number of nitrogens with zero attached hydrogens (tertiary/aromatic N) is 4. The molecule has 2 aromatic heterocycles. The lowest BCUT2D eigenvalue weighted by molar-refractivity contribution is -0.143. The van der Waals surface area contributed by atoms with Gasteiger partial charge in [-0.05, 0) is 24.3 Å². The summed E-state index contributed by atoms with van der Waals surface area (Å²) in [5.74, 6) is 1.32. The quantitative estimate of drug-likeness (QED) is 0.473. The second-order valence-electron chi connectivity index (χ2n) is 8.67. The van der Waals surface area contributed by atoms with Gasteiger partial charge in [-0.15, -0.1) is 0 Å². The summed E-state index contributed by atoms with van der Waals surface area (Å²) in [5, 5.41) is 0. The Bertz CT molecular complexity index is 1310. The number of piperazine rings is 1. The van der Waals surface area contributed by atoms with Gasteiger partial charge in [-0.25, -0.2) is 4.98 Å². The number of benzene rings is 2. The van der Waals surface area contributed by atoms with E-state index in [-0.39, 0.29) is 12.5 Å². The number of imidazole rings is 1. The first-order valence-electron chi connectivity index (χ1n) is 11.7. The first kappa shape index (κ1) is 20.7. The van der Waals surface area contributed by atoms with Crippen LogP contribution < -0.4 is 9.47 Å².